The van der Waals surface area contributed by atoms with Gasteiger partial charge in [0.1, 0.15) is 9.71 Å². The Morgan fingerprint density at radius 2 is 2.00 bits per heavy atom. The van der Waals surface area contributed by atoms with Crippen molar-refractivity contribution >= 4 is 54.6 Å². The number of nitrogens with zero attached hydrogens (tertiary/aromatic N) is 2. The summed E-state index contributed by atoms with van der Waals surface area (Å²) in [7, 11) is -4.75. The van der Waals surface area contributed by atoms with Crippen molar-refractivity contribution in [3.63, 3.8) is 0 Å². The number of aryl methyl sites for hydroxylation is 2. The van der Waals surface area contributed by atoms with Gasteiger partial charge in [-0.05, 0) is 37.1 Å². The number of benzene rings is 1. The van der Waals surface area contributed by atoms with E-state index in [9.17, 15) is 22.0 Å². The molecule has 3 rings (SSSR count). The van der Waals surface area contributed by atoms with E-state index in [1.165, 1.54) is 6.07 Å². The third-order valence-electron chi connectivity index (χ3n) is 4.37. The van der Waals surface area contributed by atoms with Crippen LogP contribution in [-0.2, 0) is 16.4 Å². The number of carbonyl (C=O) groups is 1. The van der Waals surface area contributed by atoms with Gasteiger partial charge in [-0.15, -0.1) is 16.4 Å². The lowest BCUT2D eigenvalue weighted by molar-refractivity contribution is 0.0956. The van der Waals surface area contributed by atoms with Crippen molar-refractivity contribution in [2.75, 3.05) is 5.73 Å². The predicted octanol–water partition coefficient (Wildman–Crippen LogP) is 3.47. The highest BCUT2D eigenvalue weighted by Crippen LogP contribution is 2.35. The largest absolute Gasteiger partial charge is 0.397 e. The van der Waals surface area contributed by atoms with Gasteiger partial charge in [0.2, 0.25) is 9.84 Å². The minimum Gasteiger partial charge on any atom is -0.397 e. The van der Waals surface area contributed by atoms with Gasteiger partial charge in [-0.3, -0.25) is 4.79 Å². The first-order valence-corrected chi connectivity index (χ1v) is 10.9. The first-order chi connectivity index (χ1) is 13.5. The van der Waals surface area contributed by atoms with E-state index in [2.05, 4.69) is 15.5 Å². The molecule has 1 aromatic carbocycles. The number of nitrogens with one attached hydrogen (secondary N) is 1. The fourth-order valence-electron chi connectivity index (χ4n) is 2.62. The van der Waals surface area contributed by atoms with Crippen LogP contribution in [0.15, 0.2) is 23.1 Å². The van der Waals surface area contributed by atoms with E-state index >= 15 is 0 Å². The molecule has 0 bridgehead atoms. The molecule has 0 saturated heterocycles. The van der Waals surface area contributed by atoms with Crippen molar-refractivity contribution in [3.8, 4) is 0 Å². The molecule has 3 N–H and O–H groups in total. The van der Waals surface area contributed by atoms with Crippen molar-refractivity contribution in [1.82, 2.24) is 15.5 Å². The van der Waals surface area contributed by atoms with Crippen LogP contribution in [0, 0.1) is 13.8 Å². The molecule has 12 heteroatoms. The van der Waals surface area contributed by atoms with E-state index in [4.69, 9.17) is 17.3 Å². The highest BCUT2D eigenvalue weighted by Gasteiger charge is 2.27. The molecular weight excluding hydrogens is 446 g/mol. The molecule has 0 spiro atoms. The average Bonchev–Trinajstić information content (AvgIpc) is 3.00. The van der Waals surface area contributed by atoms with Crippen LogP contribution in [0.25, 0.3) is 10.2 Å². The van der Waals surface area contributed by atoms with Crippen LogP contribution in [0.4, 0.5) is 14.5 Å². The number of amides is 1. The minimum atomic E-state index is -4.75. The van der Waals surface area contributed by atoms with Crippen molar-refractivity contribution in [2.45, 2.75) is 31.0 Å². The van der Waals surface area contributed by atoms with E-state index in [0.717, 1.165) is 29.0 Å². The number of fused-ring (bicyclic) bond motifs is 1. The average molecular weight is 461 g/mol. The molecule has 0 aliphatic carbocycles. The Balaban J connectivity index is 1.82. The van der Waals surface area contributed by atoms with Gasteiger partial charge in [0, 0.05) is 17.0 Å². The van der Waals surface area contributed by atoms with Crippen molar-refractivity contribution in [1.29, 1.82) is 0 Å². The molecule has 0 radical (unpaired) electrons. The molecule has 3 aromatic rings. The van der Waals surface area contributed by atoms with Crippen molar-refractivity contribution in [2.24, 2.45) is 0 Å². The van der Waals surface area contributed by atoms with Crippen LogP contribution < -0.4 is 11.1 Å². The lowest BCUT2D eigenvalue weighted by Crippen LogP contribution is -2.23. The smallest absolute Gasteiger partial charge is 0.341 e. The normalized spacial score (nSPS) is 11.9. The Kier molecular flexibility index (Phi) is 5.74. The van der Waals surface area contributed by atoms with Crippen LogP contribution in [0.3, 0.4) is 0 Å². The first kappa shape index (κ1) is 21.3. The van der Waals surface area contributed by atoms with Gasteiger partial charge in [-0.2, -0.15) is 13.9 Å². The topological polar surface area (TPSA) is 115 Å². The maximum absolute atomic E-state index is 12.6. The Morgan fingerprint density at radius 1 is 1.31 bits per heavy atom. The number of nitrogens with two attached hydrogens (primary N) is 1. The molecule has 7 nitrogen and oxygen atoms in total. The Hall–Kier alpha value is -2.37. The summed E-state index contributed by atoms with van der Waals surface area (Å²) in [5.74, 6) is -4.02. The summed E-state index contributed by atoms with van der Waals surface area (Å²) in [6.45, 7) is 3.58. The second-order valence-corrected chi connectivity index (χ2v) is 9.50. The van der Waals surface area contributed by atoms with Crippen molar-refractivity contribution in [3.05, 3.63) is 44.9 Å². The zero-order valence-electron chi connectivity index (χ0n) is 15.2. The quantitative estimate of drug-likeness (QED) is 0.602. The monoisotopic (exact) mass is 460 g/mol. The standard InChI is InChI=1S/C17H15ClF2N4O3S2/c1-7-8(2)23-24-16-12(7)13(21)14(28-16)15(25)22-6-9-3-4-10(5-11(9)18)29(26,27)17(19)20/h3-5,17H,6,21H2,1-2H3,(H,22,25). The zero-order chi connectivity index (χ0) is 21.5. The number of thiophene rings is 1. The molecule has 0 fully saturated rings. The number of rotatable bonds is 5. The fraction of sp³-hybridized carbons (Fsp3) is 0.235. The van der Waals surface area contributed by atoms with E-state index in [1.807, 2.05) is 6.92 Å². The summed E-state index contributed by atoms with van der Waals surface area (Å²) in [5, 5.41) is 11.3. The summed E-state index contributed by atoms with van der Waals surface area (Å²) >= 11 is 7.10. The lowest BCUT2D eigenvalue weighted by Gasteiger charge is -2.09. The second kappa shape index (κ2) is 7.81. The summed E-state index contributed by atoms with van der Waals surface area (Å²) in [6.07, 6.45) is 0. The number of anilines is 1. The van der Waals surface area contributed by atoms with Crippen LogP contribution >= 0.6 is 22.9 Å². The fourth-order valence-corrected chi connectivity index (χ4v) is 4.69. The highest BCUT2D eigenvalue weighted by atomic mass is 35.5. The maximum Gasteiger partial charge on any atom is 0.341 e. The number of nitrogen functional groups attached to an aromatic ring is 1. The number of hydrogen-bond donors (Lipinski definition) is 2. The highest BCUT2D eigenvalue weighted by molar-refractivity contribution is 7.91. The third-order valence-corrected chi connectivity index (χ3v) is 7.19. The molecule has 29 heavy (non-hydrogen) atoms. The number of carbonyl (C=O) groups excluding carboxylic acids is 1. The van der Waals surface area contributed by atoms with Crippen LogP contribution in [-0.4, -0.2) is 30.3 Å². The molecule has 0 saturated carbocycles. The van der Waals surface area contributed by atoms with Crippen LogP contribution in [0.5, 0.6) is 0 Å². The van der Waals surface area contributed by atoms with Gasteiger partial charge in [-0.25, -0.2) is 8.42 Å². The minimum absolute atomic E-state index is 0.0515. The van der Waals surface area contributed by atoms with Gasteiger partial charge in [0.25, 0.3) is 5.91 Å². The number of halogens is 3. The van der Waals surface area contributed by atoms with Gasteiger partial charge in [0.15, 0.2) is 0 Å². The zero-order valence-corrected chi connectivity index (χ0v) is 17.6. The van der Waals surface area contributed by atoms with E-state index < -0.39 is 26.4 Å². The molecular formula is C17H15ClF2N4O3S2. The lowest BCUT2D eigenvalue weighted by atomic mass is 10.1. The maximum atomic E-state index is 12.6. The van der Waals surface area contributed by atoms with Gasteiger partial charge >= 0.3 is 5.76 Å². The Labute approximate surface area is 173 Å². The second-order valence-electron chi connectivity index (χ2n) is 6.18. The van der Waals surface area contributed by atoms with Crippen LogP contribution in [0.1, 0.15) is 26.5 Å². The van der Waals surface area contributed by atoms with Crippen LogP contribution in [0.2, 0.25) is 5.02 Å². The molecule has 0 aliphatic rings. The van der Waals surface area contributed by atoms with Gasteiger partial charge < -0.3 is 11.1 Å². The summed E-state index contributed by atoms with van der Waals surface area (Å²) < 4.78 is 48.3. The van der Waals surface area contributed by atoms with E-state index in [-0.39, 0.29) is 16.4 Å². The molecule has 2 aromatic heterocycles. The molecule has 0 atom stereocenters. The van der Waals surface area contributed by atoms with E-state index in [0.29, 0.717) is 27.2 Å². The Morgan fingerprint density at radius 3 is 2.62 bits per heavy atom. The number of alkyl halides is 2. The summed E-state index contributed by atoms with van der Waals surface area (Å²) in [5.41, 5.74) is 8.32. The number of hydrogen-bond acceptors (Lipinski definition) is 7. The SMILES string of the molecule is Cc1nnc2sc(C(=O)NCc3ccc(S(=O)(=O)C(F)F)cc3Cl)c(N)c2c1C. The molecule has 1 amide bonds. The van der Waals surface area contributed by atoms with Crippen molar-refractivity contribution < 1.29 is 22.0 Å². The molecule has 0 aliphatic heterocycles. The number of sulfone groups is 1. The van der Waals surface area contributed by atoms with Gasteiger partial charge in [-0.1, -0.05) is 17.7 Å². The summed E-state index contributed by atoms with van der Waals surface area (Å²) in [4.78, 5) is 12.8. The first-order valence-electron chi connectivity index (χ1n) is 8.14. The molecule has 154 valence electrons. The Bertz CT molecular complexity index is 1230. The molecule has 0 unspecified atom stereocenters. The molecule has 2 heterocycles. The summed E-state index contributed by atoms with van der Waals surface area (Å²) in [6, 6.07) is 3.22. The predicted molar refractivity (Wildman–Crippen MR) is 107 cm³/mol. The third kappa shape index (κ3) is 3.89. The number of aromatic nitrogens is 2. The van der Waals surface area contributed by atoms with Gasteiger partial charge in [0.05, 0.1) is 16.3 Å². The van der Waals surface area contributed by atoms with E-state index in [1.54, 1.807) is 6.92 Å².